The Morgan fingerprint density at radius 2 is 2.00 bits per heavy atom. The molecule has 0 fully saturated rings. The number of thioether (sulfide) groups is 1. The number of aryl methyl sites for hydroxylation is 2. The molecule has 0 bridgehead atoms. The van der Waals surface area contributed by atoms with Gasteiger partial charge in [-0.25, -0.2) is 14.4 Å². The zero-order chi connectivity index (χ0) is 18.8. The van der Waals surface area contributed by atoms with Crippen molar-refractivity contribution in [3.8, 4) is 0 Å². The summed E-state index contributed by atoms with van der Waals surface area (Å²) in [6.07, 6.45) is 4.24. The van der Waals surface area contributed by atoms with Crippen LogP contribution < -0.4 is 4.90 Å². The third-order valence-corrected chi connectivity index (χ3v) is 5.63. The Hall–Kier alpha value is -1.66. The summed E-state index contributed by atoms with van der Waals surface area (Å²) in [4.78, 5) is 23.3. The molecule has 2 aromatic rings. The highest BCUT2D eigenvalue weighted by Gasteiger charge is 2.27. The van der Waals surface area contributed by atoms with Crippen molar-refractivity contribution in [2.45, 2.75) is 44.7 Å². The number of hydrogen-bond donors (Lipinski definition) is 0. The van der Waals surface area contributed by atoms with E-state index in [1.807, 2.05) is 20.1 Å². The SMILES string of the molecule is CSc1nc(C)c(CCC(=O)N2CCCc3c(Cl)ccc(F)c32)c(C)n1. The molecule has 2 heterocycles. The Bertz CT molecular complexity index is 836. The standard InChI is InChI=1S/C19H21ClFN3OS/c1-11-13(12(2)23-19(22-11)26-3)6-9-17(25)24-10-4-5-14-15(20)7-8-16(21)18(14)24/h7-8H,4-6,9-10H2,1-3H3. The largest absolute Gasteiger partial charge is 0.309 e. The number of hydrogen-bond acceptors (Lipinski definition) is 4. The summed E-state index contributed by atoms with van der Waals surface area (Å²) in [7, 11) is 0. The van der Waals surface area contributed by atoms with Crippen molar-refractivity contribution in [1.29, 1.82) is 0 Å². The Labute approximate surface area is 162 Å². The fourth-order valence-electron chi connectivity index (χ4n) is 3.42. The minimum absolute atomic E-state index is 0.0974. The lowest BCUT2D eigenvalue weighted by atomic mass is 9.99. The summed E-state index contributed by atoms with van der Waals surface area (Å²) in [5.74, 6) is -0.489. The summed E-state index contributed by atoms with van der Waals surface area (Å²) >= 11 is 7.70. The van der Waals surface area contributed by atoms with Crippen molar-refractivity contribution in [1.82, 2.24) is 9.97 Å². The van der Waals surface area contributed by atoms with Gasteiger partial charge in [-0.05, 0) is 62.6 Å². The van der Waals surface area contributed by atoms with E-state index >= 15 is 0 Å². The maximum atomic E-state index is 14.4. The minimum Gasteiger partial charge on any atom is -0.309 e. The van der Waals surface area contributed by atoms with E-state index in [-0.39, 0.29) is 12.3 Å². The summed E-state index contributed by atoms with van der Waals surface area (Å²) in [6, 6.07) is 2.89. The lowest BCUT2D eigenvalue weighted by Gasteiger charge is -2.30. The summed E-state index contributed by atoms with van der Waals surface area (Å²) in [5, 5.41) is 1.25. The van der Waals surface area contributed by atoms with E-state index in [0.29, 0.717) is 30.1 Å². The highest BCUT2D eigenvalue weighted by atomic mass is 35.5. The van der Waals surface area contributed by atoms with E-state index in [4.69, 9.17) is 11.6 Å². The highest BCUT2D eigenvalue weighted by molar-refractivity contribution is 7.98. The maximum absolute atomic E-state index is 14.4. The van der Waals surface area contributed by atoms with E-state index in [1.165, 1.54) is 17.8 Å². The molecule has 0 spiro atoms. The normalized spacial score (nSPS) is 13.7. The molecule has 0 radical (unpaired) electrons. The van der Waals surface area contributed by atoms with Gasteiger partial charge in [-0.2, -0.15) is 0 Å². The van der Waals surface area contributed by atoms with Crippen LogP contribution in [0.5, 0.6) is 0 Å². The number of nitrogens with zero attached hydrogens (tertiary/aromatic N) is 3. The molecule has 1 aliphatic rings. The quantitative estimate of drug-likeness (QED) is 0.566. The van der Waals surface area contributed by atoms with Crippen LogP contribution in [0.25, 0.3) is 0 Å². The first kappa shape index (κ1) is 19.1. The molecule has 0 saturated heterocycles. The number of carbonyl (C=O) groups is 1. The average Bonchev–Trinajstić information content (AvgIpc) is 2.63. The van der Waals surface area contributed by atoms with Gasteiger partial charge in [0.2, 0.25) is 5.91 Å². The van der Waals surface area contributed by atoms with E-state index in [2.05, 4.69) is 9.97 Å². The molecule has 0 N–H and O–H groups in total. The number of rotatable bonds is 4. The molecule has 1 aliphatic heterocycles. The van der Waals surface area contributed by atoms with E-state index in [0.717, 1.165) is 34.1 Å². The van der Waals surface area contributed by atoms with Gasteiger partial charge < -0.3 is 4.90 Å². The van der Waals surface area contributed by atoms with Gasteiger partial charge in [-0.1, -0.05) is 23.4 Å². The van der Waals surface area contributed by atoms with Gasteiger partial charge in [-0.3, -0.25) is 4.79 Å². The number of anilines is 1. The third kappa shape index (κ3) is 3.71. The van der Waals surface area contributed by atoms with Crippen LogP contribution in [-0.2, 0) is 17.6 Å². The number of amides is 1. The van der Waals surface area contributed by atoms with Crippen LogP contribution >= 0.6 is 23.4 Å². The molecule has 4 nitrogen and oxygen atoms in total. The van der Waals surface area contributed by atoms with Crippen molar-refractivity contribution in [3.05, 3.63) is 45.5 Å². The third-order valence-electron chi connectivity index (χ3n) is 4.73. The topological polar surface area (TPSA) is 46.1 Å². The Morgan fingerprint density at radius 3 is 2.65 bits per heavy atom. The number of fused-ring (bicyclic) bond motifs is 1. The van der Waals surface area contributed by atoms with E-state index < -0.39 is 5.82 Å². The molecule has 138 valence electrons. The summed E-state index contributed by atoms with van der Waals surface area (Å²) < 4.78 is 14.4. The molecule has 0 aliphatic carbocycles. The fraction of sp³-hybridized carbons (Fsp3) is 0.421. The predicted molar refractivity (Wildman–Crippen MR) is 104 cm³/mol. The monoisotopic (exact) mass is 393 g/mol. The smallest absolute Gasteiger partial charge is 0.227 e. The van der Waals surface area contributed by atoms with Crippen molar-refractivity contribution in [2.24, 2.45) is 0 Å². The van der Waals surface area contributed by atoms with Crippen molar-refractivity contribution in [3.63, 3.8) is 0 Å². The van der Waals surface area contributed by atoms with Crippen LogP contribution in [0.4, 0.5) is 10.1 Å². The highest BCUT2D eigenvalue weighted by Crippen LogP contribution is 2.35. The van der Waals surface area contributed by atoms with Gasteiger partial charge in [0.15, 0.2) is 5.16 Å². The van der Waals surface area contributed by atoms with Crippen LogP contribution in [0.15, 0.2) is 17.3 Å². The first-order valence-corrected chi connectivity index (χ1v) is 10.2. The molecule has 1 amide bonds. The summed E-state index contributed by atoms with van der Waals surface area (Å²) in [6.45, 7) is 4.39. The zero-order valence-corrected chi connectivity index (χ0v) is 16.7. The van der Waals surface area contributed by atoms with Gasteiger partial charge >= 0.3 is 0 Å². The van der Waals surface area contributed by atoms with E-state index in [1.54, 1.807) is 11.0 Å². The van der Waals surface area contributed by atoms with Gasteiger partial charge in [-0.15, -0.1) is 0 Å². The van der Waals surface area contributed by atoms with Crippen molar-refractivity contribution < 1.29 is 9.18 Å². The second kappa shape index (κ2) is 7.92. The first-order valence-electron chi connectivity index (χ1n) is 8.57. The number of benzene rings is 1. The minimum atomic E-state index is -0.391. The van der Waals surface area contributed by atoms with Crippen LogP contribution in [0, 0.1) is 19.7 Å². The van der Waals surface area contributed by atoms with Gasteiger partial charge in [0.1, 0.15) is 5.82 Å². The maximum Gasteiger partial charge on any atom is 0.227 e. The molecule has 0 saturated carbocycles. The molecule has 1 aromatic carbocycles. The van der Waals surface area contributed by atoms with Crippen molar-refractivity contribution in [2.75, 3.05) is 17.7 Å². The first-order chi connectivity index (χ1) is 12.4. The lowest BCUT2D eigenvalue weighted by molar-refractivity contribution is -0.118. The fourth-order valence-corrected chi connectivity index (χ4v) is 4.12. The Morgan fingerprint density at radius 1 is 1.31 bits per heavy atom. The molecule has 0 unspecified atom stereocenters. The average molecular weight is 394 g/mol. The number of halogens is 2. The van der Waals surface area contributed by atoms with Gasteiger partial charge in [0.25, 0.3) is 0 Å². The van der Waals surface area contributed by atoms with Crippen LogP contribution in [0.1, 0.15) is 35.4 Å². The Balaban J connectivity index is 1.80. The van der Waals surface area contributed by atoms with E-state index in [9.17, 15) is 9.18 Å². The van der Waals surface area contributed by atoms with Crippen molar-refractivity contribution >= 4 is 35.0 Å². The molecule has 26 heavy (non-hydrogen) atoms. The second-order valence-corrected chi connectivity index (χ2v) is 7.55. The molecular weight excluding hydrogens is 373 g/mol. The second-order valence-electron chi connectivity index (χ2n) is 6.36. The van der Waals surface area contributed by atoms with Crippen LogP contribution in [0.3, 0.4) is 0 Å². The lowest BCUT2D eigenvalue weighted by Crippen LogP contribution is -2.36. The summed E-state index contributed by atoms with van der Waals surface area (Å²) in [5.41, 5.74) is 3.84. The number of carbonyl (C=O) groups excluding carboxylic acids is 1. The predicted octanol–water partition coefficient (Wildman–Crippen LogP) is 4.52. The molecular formula is C19H21ClFN3OS. The zero-order valence-electron chi connectivity index (χ0n) is 15.1. The number of aromatic nitrogens is 2. The van der Waals surface area contributed by atoms with Crippen LogP contribution in [-0.4, -0.2) is 28.7 Å². The molecule has 0 atom stereocenters. The molecule has 1 aromatic heterocycles. The molecule has 7 heteroatoms. The van der Waals surface area contributed by atoms with Gasteiger partial charge in [0, 0.05) is 29.4 Å². The Kier molecular flexibility index (Phi) is 5.82. The van der Waals surface area contributed by atoms with Crippen LogP contribution in [0.2, 0.25) is 5.02 Å². The van der Waals surface area contributed by atoms with Gasteiger partial charge in [0.05, 0.1) is 5.69 Å². The molecule has 3 rings (SSSR count).